The van der Waals surface area contributed by atoms with Gasteiger partial charge in [0.25, 0.3) is 0 Å². The lowest BCUT2D eigenvalue weighted by Crippen LogP contribution is -2.45. The number of hydrogen-bond acceptors (Lipinski definition) is 7. The van der Waals surface area contributed by atoms with E-state index in [9.17, 15) is 14.0 Å². The Morgan fingerprint density at radius 3 is 2.62 bits per heavy atom. The molecule has 2 fully saturated rings. The van der Waals surface area contributed by atoms with E-state index in [1.165, 1.54) is 12.1 Å². The molecule has 1 aliphatic carbocycles. The molecule has 208 valence electrons. The zero-order valence-corrected chi connectivity index (χ0v) is 23.1. The summed E-state index contributed by atoms with van der Waals surface area (Å²) in [6.45, 7) is 3.21. The summed E-state index contributed by atoms with van der Waals surface area (Å²) in [7, 11) is 0. The van der Waals surface area contributed by atoms with E-state index in [0.717, 1.165) is 19.4 Å². The minimum absolute atomic E-state index is 0.0219. The Hall–Kier alpha value is -3.18. The van der Waals surface area contributed by atoms with Crippen molar-refractivity contribution in [3.8, 4) is 0 Å². The third-order valence-electron chi connectivity index (χ3n) is 7.55. The first-order valence-corrected chi connectivity index (χ1v) is 14.0. The van der Waals surface area contributed by atoms with E-state index in [4.69, 9.17) is 33.9 Å². The van der Waals surface area contributed by atoms with Gasteiger partial charge in [-0.2, -0.15) is 4.98 Å². The average molecular weight is 577 g/mol. The second-order valence-corrected chi connectivity index (χ2v) is 11.0. The molecule has 4 N–H and O–H groups in total. The zero-order valence-electron chi connectivity index (χ0n) is 21.6. The van der Waals surface area contributed by atoms with Gasteiger partial charge in [0.2, 0.25) is 23.7 Å². The maximum Gasteiger partial charge on any atom is 0.225 e. The van der Waals surface area contributed by atoms with E-state index >= 15 is 0 Å². The van der Waals surface area contributed by atoms with Crippen LogP contribution in [0.5, 0.6) is 0 Å². The minimum Gasteiger partial charge on any atom is -0.369 e. The molecule has 39 heavy (non-hydrogen) atoms. The number of primary amides is 1. The number of aromatic nitrogens is 4. The number of nitrogens with zero attached hydrogens (tertiary/aromatic N) is 5. The number of nitrogens with one attached hydrogen (secondary N) is 2. The number of amides is 2. The highest BCUT2D eigenvalue weighted by atomic mass is 35.5. The van der Waals surface area contributed by atoms with Crippen LogP contribution in [0.4, 0.5) is 22.0 Å². The fraction of sp³-hybridized carbons (Fsp3) is 0.500. The van der Waals surface area contributed by atoms with Gasteiger partial charge in [0.1, 0.15) is 11.3 Å². The normalized spacial score (nSPS) is 21.6. The summed E-state index contributed by atoms with van der Waals surface area (Å²) in [5.41, 5.74) is 6.70. The number of halogens is 3. The van der Waals surface area contributed by atoms with Gasteiger partial charge in [0.05, 0.1) is 16.9 Å². The van der Waals surface area contributed by atoms with Crippen LogP contribution in [0.15, 0.2) is 18.3 Å². The first kappa shape index (κ1) is 27.4. The average Bonchev–Trinajstić information content (AvgIpc) is 3.27. The molecule has 1 saturated heterocycles. The maximum absolute atomic E-state index is 14.8. The van der Waals surface area contributed by atoms with Gasteiger partial charge in [0, 0.05) is 42.5 Å². The molecule has 13 heteroatoms. The lowest BCUT2D eigenvalue weighted by molar-refractivity contribution is -0.131. The van der Waals surface area contributed by atoms with E-state index in [2.05, 4.69) is 20.6 Å². The predicted octanol–water partition coefficient (Wildman–Crippen LogP) is 5.05. The SMILES string of the molecule is CCC(=O)N1CCC[C@@H](Nc2ncc3nc(Nc4c(F)cc(Cl)cc4Cl)n(C4CCC(C(N)=O)CC4)c3n2)C1. The van der Waals surface area contributed by atoms with Crippen LogP contribution >= 0.6 is 23.2 Å². The third kappa shape index (κ3) is 5.89. The summed E-state index contributed by atoms with van der Waals surface area (Å²) in [5, 5.41) is 6.73. The van der Waals surface area contributed by atoms with Crippen LogP contribution in [0.3, 0.4) is 0 Å². The van der Waals surface area contributed by atoms with Crippen LogP contribution in [0.2, 0.25) is 10.0 Å². The smallest absolute Gasteiger partial charge is 0.225 e. The number of hydrogen-bond donors (Lipinski definition) is 3. The highest BCUT2D eigenvalue weighted by Gasteiger charge is 2.30. The molecular formula is C26H31Cl2FN8O2. The van der Waals surface area contributed by atoms with Crippen LogP contribution in [0.25, 0.3) is 11.2 Å². The van der Waals surface area contributed by atoms with Crippen LogP contribution < -0.4 is 16.4 Å². The van der Waals surface area contributed by atoms with E-state index in [-0.39, 0.29) is 45.5 Å². The second-order valence-electron chi connectivity index (χ2n) is 10.2. The standard InChI is InChI=1S/C26H31Cl2FN8O2/c1-2-21(38)36-9-3-4-16(13-36)32-25-31-12-20-24(35-25)37(17-7-5-14(6-8-17)23(30)39)26(33-20)34-22-18(28)10-15(27)11-19(22)29/h10-12,14,16-17H,2-9,13H2,1H3,(H2,30,39)(H,33,34)(H,31,32,35)/t14?,16-,17?/m1/s1. The summed E-state index contributed by atoms with van der Waals surface area (Å²) in [4.78, 5) is 39.8. The monoisotopic (exact) mass is 576 g/mol. The first-order valence-electron chi connectivity index (χ1n) is 13.2. The Morgan fingerprint density at radius 2 is 1.92 bits per heavy atom. The molecule has 1 saturated carbocycles. The molecule has 3 heterocycles. The highest BCUT2D eigenvalue weighted by Crippen LogP contribution is 2.38. The van der Waals surface area contributed by atoms with Gasteiger partial charge in [-0.1, -0.05) is 30.1 Å². The van der Waals surface area contributed by atoms with Gasteiger partial charge in [-0.05, 0) is 50.7 Å². The predicted molar refractivity (Wildman–Crippen MR) is 149 cm³/mol. The van der Waals surface area contributed by atoms with Crippen LogP contribution in [0, 0.1) is 11.7 Å². The Morgan fingerprint density at radius 1 is 1.15 bits per heavy atom. The van der Waals surface area contributed by atoms with Crippen molar-refractivity contribution in [1.29, 1.82) is 0 Å². The Kier molecular flexibility index (Phi) is 8.08. The van der Waals surface area contributed by atoms with Crippen LogP contribution in [-0.4, -0.2) is 55.4 Å². The zero-order chi connectivity index (χ0) is 27.7. The van der Waals surface area contributed by atoms with Crippen molar-refractivity contribution >= 4 is 63.8 Å². The molecular weight excluding hydrogens is 546 g/mol. The molecule has 1 atom stereocenters. The van der Waals surface area contributed by atoms with E-state index < -0.39 is 5.82 Å². The molecule has 1 aliphatic heterocycles. The fourth-order valence-electron chi connectivity index (χ4n) is 5.51. The molecule has 2 aliphatic rings. The number of carbonyl (C=O) groups excluding carboxylic acids is 2. The summed E-state index contributed by atoms with van der Waals surface area (Å²) in [6, 6.07) is 2.60. The molecule has 2 aromatic heterocycles. The lowest BCUT2D eigenvalue weighted by Gasteiger charge is -2.33. The number of carbonyl (C=O) groups is 2. The number of likely N-dealkylation sites (tertiary alicyclic amines) is 1. The topological polar surface area (TPSA) is 131 Å². The van der Waals surface area contributed by atoms with E-state index in [0.29, 0.717) is 61.7 Å². The molecule has 0 bridgehead atoms. The van der Waals surface area contributed by atoms with Gasteiger partial charge < -0.3 is 21.3 Å². The summed E-state index contributed by atoms with van der Waals surface area (Å²) < 4.78 is 16.7. The summed E-state index contributed by atoms with van der Waals surface area (Å²) in [5.74, 6) is -0.171. The van der Waals surface area contributed by atoms with Gasteiger partial charge in [-0.3, -0.25) is 14.2 Å². The summed E-state index contributed by atoms with van der Waals surface area (Å²) in [6.07, 6.45) is 6.51. The molecule has 10 nitrogen and oxygen atoms in total. The van der Waals surface area contributed by atoms with Crippen molar-refractivity contribution in [2.24, 2.45) is 11.7 Å². The highest BCUT2D eigenvalue weighted by molar-refractivity contribution is 6.36. The van der Waals surface area contributed by atoms with Crippen molar-refractivity contribution in [1.82, 2.24) is 24.4 Å². The van der Waals surface area contributed by atoms with Crippen molar-refractivity contribution in [3.63, 3.8) is 0 Å². The number of rotatable bonds is 7. The number of piperidine rings is 1. The van der Waals surface area contributed by atoms with Gasteiger partial charge >= 0.3 is 0 Å². The van der Waals surface area contributed by atoms with Crippen molar-refractivity contribution in [2.75, 3.05) is 23.7 Å². The molecule has 5 rings (SSSR count). The lowest BCUT2D eigenvalue weighted by atomic mass is 9.85. The minimum atomic E-state index is -0.611. The van der Waals surface area contributed by atoms with Gasteiger partial charge in [-0.25, -0.2) is 14.4 Å². The molecule has 2 amide bonds. The second kappa shape index (κ2) is 11.5. The van der Waals surface area contributed by atoms with Crippen molar-refractivity contribution in [3.05, 3.63) is 34.2 Å². The third-order valence-corrected chi connectivity index (χ3v) is 8.07. The molecule has 0 unspecified atom stereocenters. The molecule has 0 spiro atoms. The molecule has 1 aromatic carbocycles. The number of anilines is 3. The van der Waals surface area contributed by atoms with Gasteiger partial charge in [0.15, 0.2) is 5.65 Å². The fourth-order valence-corrected chi connectivity index (χ4v) is 6.03. The first-order chi connectivity index (χ1) is 18.7. The van der Waals surface area contributed by atoms with Crippen molar-refractivity contribution in [2.45, 2.75) is 64.0 Å². The molecule has 3 aromatic rings. The van der Waals surface area contributed by atoms with Crippen molar-refractivity contribution < 1.29 is 14.0 Å². The quantitative estimate of drug-likeness (QED) is 0.358. The number of fused-ring (bicyclic) bond motifs is 1. The van der Waals surface area contributed by atoms with E-state index in [1.807, 2.05) is 16.4 Å². The number of benzene rings is 1. The number of nitrogens with two attached hydrogens (primary N) is 1. The van der Waals surface area contributed by atoms with Gasteiger partial charge in [-0.15, -0.1) is 0 Å². The number of imidazole rings is 1. The summed E-state index contributed by atoms with van der Waals surface area (Å²) >= 11 is 12.3. The molecule has 0 radical (unpaired) electrons. The van der Waals surface area contributed by atoms with Crippen LogP contribution in [0.1, 0.15) is 57.9 Å². The Balaban J connectivity index is 1.48. The van der Waals surface area contributed by atoms with Crippen LogP contribution in [-0.2, 0) is 9.59 Å². The van der Waals surface area contributed by atoms with E-state index in [1.54, 1.807) is 6.20 Å². The Bertz CT molecular complexity index is 1370. The Labute approximate surface area is 235 Å². The maximum atomic E-state index is 14.8. The largest absolute Gasteiger partial charge is 0.369 e.